The first kappa shape index (κ1) is 14.6. The second-order valence-corrected chi connectivity index (χ2v) is 5.21. The lowest BCUT2D eigenvalue weighted by molar-refractivity contribution is -0.148. The maximum absolute atomic E-state index is 11.2. The molecule has 2 rings (SSSR count). The minimum atomic E-state index is -0.194. The van der Waals surface area contributed by atoms with E-state index in [1.807, 2.05) is 12.1 Å². The molecule has 0 radical (unpaired) electrons. The first-order chi connectivity index (χ1) is 9.70. The van der Waals surface area contributed by atoms with E-state index in [4.69, 9.17) is 9.47 Å². The summed E-state index contributed by atoms with van der Waals surface area (Å²) in [4.78, 5) is 11.2. The van der Waals surface area contributed by atoms with Crippen LogP contribution in [0.25, 0.3) is 0 Å². The van der Waals surface area contributed by atoms with E-state index < -0.39 is 0 Å². The zero-order chi connectivity index (χ0) is 14.4. The van der Waals surface area contributed by atoms with Crippen LogP contribution < -0.4 is 4.74 Å². The summed E-state index contributed by atoms with van der Waals surface area (Å²) in [5, 5.41) is 0. The molecule has 0 N–H and O–H groups in total. The molecule has 1 saturated carbocycles. The monoisotopic (exact) mass is 274 g/mol. The summed E-state index contributed by atoms with van der Waals surface area (Å²) in [6, 6.07) is 8.08. The molecule has 1 aliphatic rings. The molecule has 3 heteroatoms. The Morgan fingerprint density at radius 2 is 2.20 bits per heavy atom. The van der Waals surface area contributed by atoms with Crippen molar-refractivity contribution in [3.63, 3.8) is 0 Å². The molecule has 0 spiro atoms. The van der Waals surface area contributed by atoms with Gasteiger partial charge in [-0.05, 0) is 37.0 Å². The minimum Gasteiger partial charge on any atom is -0.490 e. The van der Waals surface area contributed by atoms with Crippen LogP contribution in [0.5, 0.6) is 5.75 Å². The fourth-order valence-corrected chi connectivity index (χ4v) is 2.82. The fraction of sp³-hybridized carbons (Fsp3) is 0.471. The number of hydrogen-bond donors (Lipinski definition) is 0. The van der Waals surface area contributed by atoms with Crippen molar-refractivity contribution < 1.29 is 14.3 Å². The van der Waals surface area contributed by atoms with Crippen molar-refractivity contribution in [1.29, 1.82) is 0 Å². The lowest BCUT2D eigenvalue weighted by Gasteiger charge is -2.31. The van der Waals surface area contributed by atoms with Crippen molar-refractivity contribution >= 4 is 5.97 Å². The first-order valence-corrected chi connectivity index (χ1v) is 7.21. The molecule has 1 aromatic carbocycles. The quantitative estimate of drug-likeness (QED) is 0.604. The standard InChI is InChI=1S/C17H22O3/c1-3-11-19-15-8-6-7-14(12-15)16-9-4-5-10-17(16)20-13(2)18/h3,6-8,12,16-17H,1,4-5,9-11H2,2H3/t16-,17+/m0/s1. The molecule has 3 nitrogen and oxygen atoms in total. The van der Waals surface area contributed by atoms with Gasteiger partial charge < -0.3 is 9.47 Å². The van der Waals surface area contributed by atoms with Gasteiger partial charge in [-0.2, -0.15) is 0 Å². The van der Waals surface area contributed by atoms with E-state index >= 15 is 0 Å². The number of esters is 1. The molecule has 2 atom stereocenters. The van der Waals surface area contributed by atoms with Crippen molar-refractivity contribution in [3.8, 4) is 5.75 Å². The van der Waals surface area contributed by atoms with Crippen LogP contribution in [-0.4, -0.2) is 18.7 Å². The molecule has 0 bridgehead atoms. The predicted molar refractivity (Wildman–Crippen MR) is 78.9 cm³/mol. The van der Waals surface area contributed by atoms with Gasteiger partial charge >= 0.3 is 5.97 Å². The average Bonchev–Trinajstić information content (AvgIpc) is 2.45. The Balaban J connectivity index is 2.14. The topological polar surface area (TPSA) is 35.5 Å². The smallest absolute Gasteiger partial charge is 0.302 e. The van der Waals surface area contributed by atoms with E-state index in [-0.39, 0.29) is 18.0 Å². The van der Waals surface area contributed by atoms with Gasteiger partial charge in [-0.3, -0.25) is 4.79 Å². The number of carbonyl (C=O) groups excluding carboxylic acids is 1. The van der Waals surface area contributed by atoms with E-state index in [9.17, 15) is 4.79 Å². The zero-order valence-corrected chi connectivity index (χ0v) is 12.0. The summed E-state index contributed by atoms with van der Waals surface area (Å²) in [6.07, 6.45) is 6.04. The predicted octanol–water partition coefficient (Wildman–Crippen LogP) is 3.84. The molecule has 0 saturated heterocycles. The van der Waals surface area contributed by atoms with Crippen LogP contribution in [0.3, 0.4) is 0 Å². The van der Waals surface area contributed by atoms with Crippen molar-refractivity contribution in [1.82, 2.24) is 0 Å². The maximum atomic E-state index is 11.2. The van der Waals surface area contributed by atoms with Gasteiger partial charge in [0.15, 0.2) is 0 Å². The van der Waals surface area contributed by atoms with Gasteiger partial charge in [-0.25, -0.2) is 0 Å². The van der Waals surface area contributed by atoms with Gasteiger partial charge in [0.05, 0.1) is 0 Å². The summed E-state index contributed by atoms with van der Waals surface area (Å²) in [7, 11) is 0. The van der Waals surface area contributed by atoms with Crippen LogP contribution in [0.15, 0.2) is 36.9 Å². The molecule has 0 aromatic heterocycles. The van der Waals surface area contributed by atoms with Crippen molar-refractivity contribution in [3.05, 3.63) is 42.5 Å². The largest absolute Gasteiger partial charge is 0.490 e. The molecule has 1 aromatic rings. The summed E-state index contributed by atoms with van der Waals surface area (Å²) >= 11 is 0. The molecule has 108 valence electrons. The van der Waals surface area contributed by atoms with Crippen LogP contribution >= 0.6 is 0 Å². The van der Waals surface area contributed by atoms with Crippen molar-refractivity contribution in [2.75, 3.05) is 6.61 Å². The Labute approximate surface area is 120 Å². The normalized spacial score (nSPS) is 22.1. The third-order valence-corrected chi connectivity index (χ3v) is 3.67. The van der Waals surface area contributed by atoms with Crippen LogP contribution in [0.1, 0.15) is 44.1 Å². The third-order valence-electron chi connectivity index (χ3n) is 3.67. The number of carbonyl (C=O) groups is 1. The Bertz CT molecular complexity index is 467. The van der Waals surface area contributed by atoms with Crippen LogP contribution in [0.4, 0.5) is 0 Å². The molecule has 20 heavy (non-hydrogen) atoms. The molecule has 1 fully saturated rings. The maximum Gasteiger partial charge on any atom is 0.302 e. The summed E-state index contributed by atoms with van der Waals surface area (Å²) < 4.78 is 11.1. The van der Waals surface area contributed by atoms with Gasteiger partial charge in [-0.15, -0.1) is 0 Å². The number of rotatable bonds is 5. The number of hydrogen-bond acceptors (Lipinski definition) is 3. The van der Waals surface area contributed by atoms with E-state index in [1.54, 1.807) is 6.08 Å². The summed E-state index contributed by atoms with van der Waals surface area (Å²) in [5.74, 6) is 0.926. The fourth-order valence-electron chi connectivity index (χ4n) is 2.82. The van der Waals surface area contributed by atoms with E-state index in [0.717, 1.165) is 25.0 Å². The molecule has 0 heterocycles. The third kappa shape index (κ3) is 3.86. The van der Waals surface area contributed by atoms with Crippen LogP contribution in [0, 0.1) is 0 Å². The van der Waals surface area contributed by atoms with E-state index in [2.05, 4.69) is 18.7 Å². The lowest BCUT2D eigenvalue weighted by Crippen LogP contribution is -2.27. The van der Waals surface area contributed by atoms with Gasteiger partial charge in [0.1, 0.15) is 18.5 Å². The SMILES string of the molecule is C=CCOc1cccc([C@@H]2CCCC[C@H]2OC(C)=O)c1. The molecular formula is C17H22O3. The summed E-state index contributed by atoms with van der Waals surface area (Å²) in [5.41, 5.74) is 1.19. The van der Waals surface area contributed by atoms with Crippen molar-refractivity contribution in [2.24, 2.45) is 0 Å². The molecule has 0 unspecified atom stereocenters. The highest BCUT2D eigenvalue weighted by Gasteiger charge is 2.29. The van der Waals surface area contributed by atoms with Crippen LogP contribution in [-0.2, 0) is 9.53 Å². The number of benzene rings is 1. The molecule has 0 amide bonds. The minimum absolute atomic E-state index is 0.00379. The van der Waals surface area contributed by atoms with Gasteiger partial charge in [0.25, 0.3) is 0 Å². The second-order valence-electron chi connectivity index (χ2n) is 5.21. The molecular weight excluding hydrogens is 252 g/mol. The van der Waals surface area contributed by atoms with E-state index in [1.165, 1.54) is 18.9 Å². The highest BCUT2D eigenvalue weighted by atomic mass is 16.5. The first-order valence-electron chi connectivity index (χ1n) is 7.21. The zero-order valence-electron chi connectivity index (χ0n) is 12.0. The van der Waals surface area contributed by atoms with Gasteiger partial charge in [-0.1, -0.05) is 31.2 Å². The van der Waals surface area contributed by atoms with Crippen molar-refractivity contribution in [2.45, 2.75) is 44.6 Å². The lowest BCUT2D eigenvalue weighted by atomic mass is 9.81. The van der Waals surface area contributed by atoms with Crippen LogP contribution in [0.2, 0.25) is 0 Å². The second kappa shape index (κ2) is 7.13. The van der Waals surface area contributed by atoms with Gasteiger partial charge in [0, 0.05) is 12.8 Å². The Morgan fingerprint density at radius 1 is 1.40 bits per heavy atom. The number of ether oxygens (including phenoxy) is 2. The highest BCUT2D eigenvalue weighted by Crippen LogP contribution is 2.36. The Kier molecular flexibility index (Phi) is 5.22. The van der Waals surface area contributed by atoms with E-state index in [0.29, 0.717) is 6.61 Å². The summed E-state index contributed by atoms with van der Waals surface area (Å²) in [6.45, 7) is 5.63. The highest BCUT2D eigenvalue weighted by molar-refractivity contribution is 5.66. The Hall–Kier alpha value is -1.77. The molecule has 1 aliphatic carbocycles. The Morgan fingerprint density at radius 3 is 2.95 bits per heavy atom. The van der Waals surface area contributed by atoms with Gasteiger partial charge in [0.2, 0.25) is 0 Å². The molecule has 0 aliphatic heterocycles. The average molecular weight is 274 g/mol.